The summed E-state index contributed by atoms with van der Waals surface area (Å²) < 4.78 is 22.2. The molecule has 8 heteroatoms. The van der Waals surface area contributed by atoms with Crippen LogP contribution in [0.2, 0.25) is 0 Å². The average molecular weight is 565 g/mol. The van der Waals surface area contributed by atoms with Gasteiger partial charge in [-0.05, 0) is 49.2 Å². The zero-order valence-electron chi connectivity index (χ0n) is 23.7. The van der Waals surface area contributed by atoms with Gasteiger partial charge in [-0.1, -0.05) is 48.5 Å². The molecule has 0 radical (unpaired) electrons. The van der Waals surface area contributed by atoms with Gasteiger partial charge in [-0.3, -0.25) is 0 Å². The Kier molecular flexibility index (Phi) is 6.77. The van der Waals surface area contributed by atoms with Gasteiger partial charge in [-0.25, -0.2) is 19.2 Å². The zero-order valence-corrected chi connectivity index (χ0v) is 23.7. The molecular weight excluding hydrogens is 536 g/mol. The third kappa shape index (κ3) is 3.67. The van der Waals surface area contributed by atoms with Crippen molar-refractivity contribution in [3.63, 3.8) is 0 Å². The summed E-state index contributed by atoms with van der Waals surface area (Å²) in [6.07, 6.45) is 0. The van der Waals surface area contributed by atoms with Crippen LogP contribution in [0.15, 0.2) is 48.5 Å². The predicted octanol–water partition coefficient (Wildman–Crippen LogP) is 7.04. The highest BCUT2D eigenvalue weighted by Crippen LogP contribution is 2.51. The third-order valence-corrected chi connectivity index (χ3v) is 7.60. The Bertz CT molecular complexity index is 1770. The van der Waals surface area contributed by atoms with Crippen LogP contribution in [0.1, 0.15) is 69.1 Å². The average Bonchev–Trinajstić information content (AvgIpc) is 2.97. The minimum atomic E-state index is -0.684. The summed E-state index contributed by atoms with van der Waals surface area (Å²) in [6, 6.07) is 14.7. The van der Waals surface area contributed by atoms with E-state index in [1.807, 2.05) is 48.5 Å². The van der Waals surface area contributed by atoms with Crippen LogP contribution in [-0.2, 0) is 18.9 Å². The van der Waals surface area contributed by atoms with Gasteiger partial charge in [0.1, 0.15) is 0 Å². The SMILES string of the molecule is CCOC(=O)c1c2c(C(=O)OCC)c3c4ccccc4c3c(C(=O)OCC)c2c(C(=O)OCC)c2c3ccccc3c12. The Morgan fingerprint density at radius 3 is 0.810 bits per heavy atom. The normalized spacial score (nSPS) is 11.6. The van der Waals surface area contributed by atoms with Crippen molar-refractivity contribution >= 4 is 77.7 Å². The maximum atomic E-state index is 13.9. The first-order chi connectivity index (χ1) is 20.4. The molecule has 6 aromatic rings. The third-order valence-electron chi connectivity index (χ3n) is 7.60. The molecule has 0 unspecified atom stereocenters. The van der Waals surface area contributed by atoms with Gasteiger partial charge in [0.2, 0.25) is 0 Å². The van der Waals surface area contributed by atoms with E-state index < -0.39 is 23.9 Å². The molecule has 8 nitrogen and oxygen atoms in total. The van der Waals surface area contributed by atoms with Crippen molar-refractivity contribution in [2.45, 2.75) is 27.7 Å². The Hall–Kier alpha value is -4.98. The van der Waals surface area contributed by atoms with E-state index in [1.54, 1.807) is 27.7 Å². The number of benzene rings is 4. The first kappa shape index (κ1) is 27.2. The summed E-state index contributed by atoms with van der Waals surface area (Å²) in [5.74, 6) is -2.73. The van der Waals surface area contributed by atoms with Crippen molar-refractivity contribution in [3.8, 4) is 0 Å². The number of esters is 4. The van der Waals surface area contributed by atoms with Crippen LogP contribution in [0, 0.1) is 0 Å². The smallest absolute Gasteiger partial charge is 0.339 e. The quantitative estimate of drug-likeness (QED) is 0.143. The first-order valence-corrected chi connectivity index (χ1v) is 14.0. The van der Waals surface area contributed by atoms with Crippen molar-refractivity contribution in [1.82, 2.24) is 0 Å². The van der Waals surface area contributed by atoms with Crippen LogP contribution < -0.4 is 0 Å². The number of ether oxygens (including phenoxy) is 4. The van der Waals surface area contributed by atoms with Gasteiger partial charge < -0.3 is 18.9 Å². The molecule has 0 spiro atoms. The molecule has 0 saturated heterocycles. The van der Waals surface area contributed by atoms with E-state index in [-0.39, 0.29) is 59.5 Å². The summed E-state index contributed by atoms with van der Waals surface area (Å²) in [5.41, 5.74) is 0.368. The molecule has 6 rings (SSSR count). The van der Waals surface area contributed by atoms with Crippen molar-refractivity contribution in [2.24, 2.45) is 0 Å². The number of carbonyl (C=O) groups is 4. The Balaban J connectivity index is 2.00. The van der Waals surface area contributed by atoms with E-state index in [2.05, 4.69) is 0 Å². The molecule has 0 aliphatic rings. The van der Waals surface area contributed by atoms with Gasteiger partial charge in [0.25, 0.3) is 0 Å². The molecule has 0 heterocycles. The van der Waals surface area contributed by atoms with Crippen LogP contribution in [0.5, 0.6) is 0 Å². The monoisotopic (exact) mass is 564 g/mol. The number of carbonyl (C=O) groups excluding carboxylic acids is 4. The first-order valence-electron chi connectivity index (χ1n) is 14.0. The molecular formula is C34H28O8. The van der Waals surface area contributed by atoms with Crippen LogP contribution >= 0.6 is 0 Å². The topological polar surface area (TPSA) is 105 Å². The van der Waals surface area contributed by atoms with Gasteiger partial charge >= 0.3 is 23.9 Å². The van der Waals surface area contributed by atoms with Gasteiger partial charge in [0, 0.05) is 32.3 Å². The van der Waals surface area contributed by atoms with E-state index in [0.717, 1.165) is 21.5 Å². The second-order valence-electron chi connectivity index (χ2n) is 9.72. The highest BCUT2D eigenvalue weighted by Gasteiger charge is 2.38. The van der Waals surface area contributed by atoms with Crippen LogP contribution in [0.4, 0.5) is 0 Å². The maximum absolute atomic E-state index is 13.9. The standard InChI is InChI=1S/C34H28O8/c1-5-39-31(35)27-21-17-13-9-10-14-18(17)22(21)29(33(37)41-7-3)26-25(27)28(32(36)40-6-2)23-19-15-11-12-16-20(19)24(23)30(26)34(38)42-8-4/h9-16H,5-8H2,1-4H3. The van der Waals surface area contributed by atoms with E-state index in [1.165, 1.54) is 0 Å². The fourth-order valence-corrected chi connectivity index (χ4v) is 6.17. The van der Waals surface area contributed by atoms with Crippen molar-refractivity contribution < 1.29 is 38.1 Å². The second kappa shape index (κ2) is 10.4. The summed E-state index contributed by atoms with van der Waals surface area (Å²) in [5, 5.41) is 4.97. The lowest BCUT2D eigenvalue weighted by molar-refractivity contribution is 0.0509. The minimum absolute atomic E-state index is 0.0730. The molecule has 0 N–H and O–H groups in total. The lowest BCUT2D eigenvalue weighted by Crippen LogP contribution is -2.20. The summed E-state index contributed by atoms with van der Waals surface area (Å²) >= 11 is 0. The molecule has 0 aromatic heterocycles. The second-order valence-corrected chi connectivity index (χ2v) is 9.72. The maximum Gasteiger partial charge on any atom is 0.339 e. The minimum Gasteiger partial charge on any atom is -0.462 e. The molecule has 212 valence electrons. The summed E-state index contributed by atoms with van der Waals surface area (Å²) in [4.78, 5) is 55.5. The lowest BCUT2D eigenvalue weighted by Gasteiger charge is -2.27. The number of hydrogen-bond donors (Lipinski definition) is 0. The van der Waals surface area contributed by atoms with Gasteiger partial charge in [0.15, 0.2) is 0 Å². The Morgan fingerprint density at radius 2 is 0.619 bits per heavy atom. The summed E-state index contributed by atoms with van der Waals surface area (Å²) in [6.45, 7) is 7.04. The molecule has 0 atom stereocenters. The molecule has 0 amide bonds. The summed E-state index contributed by atoms with van der Waals surface area (Å²) in [7, 11) is 0. The van der Waals surface area contributed by atoms with Crippen LogP contribution in [-0.4, -0.2) is 50.3 Å². The molecule has 6 aromatic carbocycles. The molecule has 42 heavy (non-hydrogen) atoms. The van der Waals surface area contributed by atoms with E-state index in [0.29, 0.717) is 21.5 Å². The fourth-order valence-electron chi connectivity index (χ4n) is 6.17. The molecule has 0 aliphatic carbocycles. The predicted molar refractivity (Wildman–Crippen MR) is 160 cm³/mol. The molecule has 0 saturated carbocycles. The Labute approximate surface area is 240 Å². The highest BCUT2D eigenvalue weighted by molar-refractivity contribution is 6.46. The largest absolute Gasteiger partial charge is 0.462 e. The van der Waals surface area contributed by atoms with Crippen LogP contribution in [0.25, 0.3) is 53.9 Å². The van der Waals surface area contributed by atoms with Gasteiger partial charge in [-0.2, -0.15) is 0 Å². The van der Waals surface area contributed by atoms with Crippen molar-refractivity contribution in [1.29, 1.82) is 0 Å². The fraction of sp³-hybridized carbons (Fsp3) is 0.235. The van der Waals surface area contributed by atoms with Crippen molar-refractivity contribution in [3.05, 3.63) is 70.8 Å². The zero-order chi connectivity index (χ0) is 29.7. The number of hydrogen-bond acceptors (Lipinski definition) is 8. The number of fused-ring (bicyclic) bond motifs is 9. The van der Waals surface area contributed by atoms with Crippen LogP contribution in [0.3, 0.4) is 0 Å². The lowest BCUT2D eigenvalue weighted by atomic mass is 9.76. The van der Waals surface area contributed by atoms with Gasteiger partial charge in [0.05, 0.1) is 48.7 Å². The number of rotatable bonds is 8. The van der Waals surface area contributed by atoms with E-state index in [9.17, 15) is 19.2 Å². The Morgan fingerprint density at radius 1 is 0.405 bits per heavy atom. The molecule has 0 aliphatic heterocycles. The highest BCUT2D eigenvalue weighted by atomic mass is 16.5. The van der Waals surface area contributed by atoms with E-state index in [4.69, 9.17) is 18.9 Å². The van der Waals surface area contributed by atoms with Gasteiger partial charge in [-0.15, -0.1) is 0 Å². The molecule has 0 fully saturated rings. The van der Waals surface area contributed by atoms with Crippen molar-refractivity contribution in [2.75, 3.05) is 26.4 Å². The van der Waals surface area contributed by atoms with E-state index >= 15 is 0 Å². The molecule has 0 bridgehead atoms.